The van der Waals surface area contributed by atoms with Crippen LogP contribution in [0.5, 0.6) is 0 Å². The zero-order valence-corrected chi connectivity index (χ0v) is 7.29. The quantitative estimate of drug-likeness (QED) is 0.556. The van der Waals surface area contributed by atoms with Gasteiger partial charge in [-0.25, -0.2) is 0 Å². The summed E-state index contributed by atoms with van der Waals surface area (Å²) in [5, 5.41) is 0. The fourth-order valence-electron chi connectivity index (χ4n) is 2.65. The van der Waals surface area contributed by atoms with Gasteiger partial charge in [0.2, 0.25) is 0 Å². The summed E-state index contributed by atoms with van der Waals surface area (Å²) >= 11 is 0. The van der Waals surface area contributed by atoms with E-state index in [4.69, 9.17) is 0 Å². The third-order valence-corrected chi connectivity index (χ3v) is 3.14. The summed E-state index contributed by atoms with van der Waals surface area (Å²) in [4.78, 5) is 2.54. The highest BCUT2D eigenvalue weighted by atomic mass is 15.2. The van der Waals surface area contributed by atoms with Crippen molar-refractivity contribution in [1.82, 2.24) is 4.90 Å². The average Bonchev–Trinajstić information content (AvgIpc) is 2.53. The fourth-order valence-corrected chi connectivity index (χ4v) is 2.65. The molecule has 1 heterocycles. The molecule has 1 aliphatic carbocycles. The van der Waals surface area contributed by atoms with Crippen LogP contribution in [0.25, 0.3) is 0 Å². The Balaban J connectivity index is 2.03. The van der Waals surface area contributed by atoms with Gasteiger partial charge in [-0.15, -0.1) is 0 Å². The molecule has 0 amide bonds. The van der Waals surface area contributed by atoms with E-state index in [9.17, 15) is 0 Å². The van der Waals surface area contributed by atoms with Crippen molar-refractivity contribution < 1.29 is 0 Å². The van der Waals surface area contributed by atoms with E-state index < -0.39 is 0 Å². The Hall–Kier alpha value is -0.460. The first-order chi connectivity index (χ1) is 5.42. The zero-order chi connectivity index (χ0) is 7.68. The predicted octanol–water partition coefficient (Wildman–Crippen LogP) is 2.39. The Kier molecular flexibility index (Phi) is 1.89. The van der Waals surface area contributed by atoms with Crippen molar-refractivity contribution in [3.63, 3.8) is 0 Å². The number of fused-ring (bicyclic) bond motifs is 1. The van der Waals surface area contributed by atoms with Crippen molar-refractivity contribution in [3.05, 3.63) is 12.3 Å². The van der Waals surface area contributed by atoms with Crippen molar-refractivity contribution in [2.24, 2.45) is 5.92 Å². The maximum Gasteiger partial charge on any atom is 0.0313 e. The predicted molar refractivity (Wildman–Crippen MR) is 47.3 cm³/mol. The van der Waals surface area contributed by atoms with Gasteiger partial charge in [0.1, 0.15) is 0 Å². The minimum Gasteiger partial charge on any atom is -0.374 e. The highest BCUT2D eigenvalue weighted by Crippen LogP contribution is 2.37. The van der Waals surface area contributed by atoms with Crippen LogP contribution in [0.1, 0.15) is 32.6 Å². The third-order valence-electron chi connectivity index (χ3n) is 3.14. The Morgan fingerprint density at radius 3 is 3.00 bits per heavy atom. The molecule has 2 aliphatic rings. The molecule has 0 N–H and O–H groups in total. The summed E-state index contributed by atoms with van der Waals surface area (Å²) in [7, 11) is 0. The maximum absolute atomic E-state index is 2.54. The molecule has 2 unspecified atom stereocenters. The van der Waals surface area contributed by atoms with Crippen LogP contribution in [-0.2, 0) is 0 Å². The van der Waals surface area contributed by atoms with Gasteiger partial charge < -0.3 is 4.90 Å². The molecule has 2 rings (SSSR count). The number of hydrogen-bond acceptors (Lipinski definition) is 1. The Morgan fingerprint density at radius 1 is 1.27 bits per heavy atom. The normalized spacial score (nSPS) is 37.0. The van der Waals surface area contributed by atoms with Crippen molar-refractivity contribution in [3.8, 4) is 0 Å². The number of rotatable bonds is 1. The number of allylic oxidation sites excluding steroid dienone is 1. The molecule has 0 spiro atoms. The van der Waals surface area contributed by atoms with E-state index in [-0.39, 0.29) is 0 Å². The summed E-state index contributed by atoms with van der Waals surface area (Å²) in [5.41, 5.74) is 0. The number of hydrogen-bond donors (Lipinski definition) is 0. The van der Waals surface area contributed by atoms with Crippen molar-refractivity contribution >= 4 is 0 Å². The lowest BCUT2D eigenvalue weighted by Crippen LogP contribution is -2.24. The molecule has 0 bridgehead atoms. The molecule has 2 atom stereocenters. The van der Waals surface area contributed by atoms with Gasteiger partial charge >= 0.3 is 0 Å². The van der Waals surface area contributed by atoms with Crippen molar-refractivity contribution in [1.29, 1.82) is 0 Å². The molecule has 0 aromatic heterocycles. The Morgan fingerprint density at radius 2 is 2.18 bits per heavy atom. The van der Waals surface area contributed by atoms with Gasteiger partial charge in [0.15, 0.2) is 0 Å². The third kappa shape index (κ3) is 1.17. The second-order valence-electron chi connectivity index (χ2n) is 3.77. The summed E-state index contributed by atoms with van der Waals surface area (Å²) < 4.78 is 0. The van der Waals surface area contributed by atoms with E-state index in [0.717, 1.165) is 12.0 Å². The fraction of sp³-hybridized carbons (Fsp3) is 0.800. The molecular weight excluding hydrogens is 134 g/mol. The maximum atomic E-state index is 2.54. The van der Waals surface area contributed by atoms with E-state index in [1.807, 2.05) is 0 Å². The first-order valence-corrected chi connectivity index (χ1v) is 4.80. The standard InChI is InChI=1S/C10H17N/c1-2-7-11-8-6-9-4-3-5-10(9)11/h2,7,9-10H,3-6,8H2,1H3. The lowest BCUT2D eigenvalue weighted by atomic mass is 10.1. The molecule has 1 nitrogen and oxygen atoms in total. The van der Waals surface area contributed by atoms with E-state index in [1.165, 1.54) is 32.2 Å². The number of nitrogens with zero attached hydrogens (tertiary/aromatic N) is 1. The van der Waals surface area contributed by atoms with Crippen LogP contribution in [-0.4, -0.2) is 17.5 Å². The van der Waals surface area contributed by atoms with Crippen LogP contribution in [0, 0.1) is 5.92 Å². The van der Waals surface area contributed by atoms with Gasteiger partial charge in [-0.3, -0.25) is 0 Å². The molecule has 1 saturated carbocycles. The molecule has 1 heteroatoms. The van der Waals surface area contributed by atoms with Crippen LogP contribution < -0.4 is 0 Å². The average molecular weight is 151 g/mol. The lowest BCUT2D eigenvalue weighted by Gasteiger charge is -2.21. The van der Waals surface area contributed by atoms with Gasteiger partial charge in [-0.05, 0) is 38.3 Å². The molecule has 11 heavy (non-hydrogen) atoms. The molecule has 62 valence electrons. The molecule has 0 aromatic carbocycles. The van der Waals surface area contributed by atoms with Gasteiger partial charge in [-0.2, -0.15) is 0 Å². The second-order valence-corrected chi connectivity index (χ2v) is 3.77. The van der Waals surface area contributed by atoms with Crippen LogP contribution in [0.15, 0.2) is 12.3 Å². The molecule has 0 aromatic rings. The minimum absolute atomic E-state index is 0.909. The van der Waals surface area contributed by atoms with E-state index in [0.29, 0.717) is 0 Å². The van der Waals surface area contributed by atoms with Gasteiger partial charge in [0.05, 0.1) is 0 Å². The Labute approximate surface area is 69.1 Å². The summed E-state index contributed by atoms with van der Waals surface area (Å²) in [6.07, 6.45) is 10.3. The lowest BCUT2D eigenvalue weighted by molar-refractivity contribution is 0.329. The van der Waals surface area contributed by atoms with Gasteiger partial charge in [0.25, 0.3) is 0 Å². The van der Waals surface area contributed by atoms with E-state index >= 15 is 0 Å². The molecule has 1 saturated heterocycles. The highest BCUT2D eigenvalue weighted by Gasteiger charge is 2.35. The van der Waals surface area contributed by atoms with Crippen LogP contribution in [0.3, 0.4) is 0 Å². The molecule has 0 radical (unpaired) electrons. The molecule has 2 fully saturated rings. The number of likely N-dealkylation sites (tertiary alicyclic amines) is 1. The van der Waals surface area contributed by atoms with Crippen LogP contribution in [0.2, 0.25) is 0 Å². The topological polar surface area (TPSA) is 3.24 Å². The smallest absolute Gasteiger partial charge is 0.0313 e. The van der Waals surface area contributed by atoms with Crippen LogP contribution in [0.4, 0.5) is 0 Å². The van der Waals surface area contributed by atoms with Crippen molar-refractivity contribution in [2.45, 2.75) is 38.6 Å². The summed E-state index contributed by atoms with van der Waals surface area (Å²) in [6, 6.07) is 0.909. The SMILES string of the molecule is CC=CN1CCC2CCCC21. The van der Waals surface area contributed by atoms with Gasteiger partial charge in [-0.1, -0.05) is 12.5 Å². The van der Waals surface area contributed by atoms with E-state index in [1.54, 1.807) is 0 Å². The molecule has 1 aliphatic heterocycles. The minimum atomic E-state index is 0.909. The largest absolute Gasteiger partial charge is 0.374 e. The monoisotopic (exact) mass is 151 g/mol. The highest BCUT2D eigenvalue weighted by molar-refractivity contribution is 4.96. The first-order valence-electron chi connectivity index (χ1n) is 4.80. The van der Waals surface area contributed by atoms with Crippen LogP contribution >= 0.6 is 0 Å². The second kappa shape index (κ2) is 2.88. The van der Waals surface area contributed by atoms with Gasteiger partial charge in [0, 0.05) is 12.6 Å². The zero-order valence-electron chi connectivity index (χ0n) is 7.29. The first kappa shape index (κ1) is 7.20. The Bertz CT molecular complexity index is 162. The van der Waals surface area contributed by atoms with E-state index in [2.05, 4.69) is 24.1 Å². The summed E-state index contributed by atoms with van der Waals surface area (Å²) in [6.45, 7) is 3.42. The van der Waals surface area contributed by atoms with Crippen molar-refractivity contribution in [2.75, 3.05) is 6.54 Å². The summed E-state index contributed by atoms with van der Waals surface area (Å²) in [5.74, 6) is 1.03. The molecular formula is C10H17N.